The van der Waals surface area contributed by atoms with Gasteiger partial charge in [-0.25, -0.2) is 0 Å². The van der Waals surface area contributed by atoms with Crippen LogP contribution in [0.2, 0.25) is 0 Å². The Morgan fingerprint density at radius 2 is 2.46 bits per heavy atom. The molecule has 0 saturated heterocycles. The number of nitrogens with zero attached hydrogens (tertiary/aromatic N) is 3. The van der Waals surface area contributed by atoms with E-state index < -0.39 is 0 Å². The maximum atomic E-state index is 11.4. The quantitative estimate of drug-likeness (QED) is 0.752. The zero-order valence-corrected chi connectivity index (χ0v) is 8.11. The van der Waals surface area contributed by atoms with Crippen molar-refractivity contribution in [3.05, 3.63) is 6.20 Å². The normalized spacial score (nSPS) is 12.5. The highest BCUT2D eigenvalue weighted by Gasteiger charge is 2.11. The lowest BCUT2D eigenvalue weighted by molar-refractivity contribution is -0.119. The van der Waals surface area contributed by atoms with Gasteiger partial charge in [0.25, 0.3) is 0 Å². The van der Waals surface area contributed by atoms with Crippen molar-refractivity contribution in [3.8, 4) is 0 Å². The van der Waals surface area contributed by atoms with Crippen molar-refractivity contribution in [2.45, 2.75) is 20.3 Å². The van der Waals surface area contributed by atoms with E-state index in [1.165, 1.54) is 0 Å². The van der Waals surface area contributed by atoms with E-state index in [1.807, 2.05) is 13.8 Å². The molecule has 1 unspecified atom stereocenters. The SMILES string of the molecule is CCC(C)C(=O)Nc1cn(C)nn1. The molecule has 72 valence electrons. The molecular weight excluding hydrogens is 168 g/mol. The van der Waals surface area contributed by atoms with Crippen LogP contribution in [0.3, 0.4) is 0 Å². The van der Waals surface area contributed by atoms with Gasteiger partial charge >= 0.3 is 0 Å². The molecule has 1 heterocycles. The molecule has 1 atom stereocenters. The maximum Gasteiger partial charge on any atom is 0.228 e. The van der Waals surface area contributed by atoms with Crippen molar-refractivity contribution in [1.29, 1.82) is 0 Å². The molecule has 1 aromatic heterocycles. The van der Waals surface area contributed by atoms with E-state index in [9.17, 15) is 4.79 Å². The fourth-order valence-electron chi connectivity index (χ4n) is 0.839. The Kier molecular flexibility index (Phi) is 3.00. The van der Waals surface area contributed by atoms with Crippen molar-refractivity contribution < 1.29 is 4.79 Å². The third kappa shape index (κ3) is 2.54. The number of nitrogens with one attached hydrogen (secondary N) is 1. The Labute approximate surface area is 77.1 Å². The van der Waals surface area contributed by atoms with Crippen molar-refractivity contribution in [1.82, 2.24) is 15.0 Å². The number of anilines is 1. The first-order chi connectivity index (χ1) is 6.13. The van der Waals surface area contributed by atoms with Gasteiger partial charge in [0.2, 0.25) is 5.91 Å². The van der Waals surface area contributed by atoms with E-state index >= 15 is 0 Å². The van der Waals surface area contributed by atoms with Crippen LogP contribution in [0.25, 0.3) is 0 Å². The first-order valence-electron chi connectivity index (χ1n) is 4.30. The molecule has 0 fully saturated rings. The fraction of sp³-hybridized carbons (Fsp3) is 0.625. The molecule has 0 radical (unpaired) electrons. The zero-order valence-electron chi connectivity index (χ0n) is 8.11. The van der Waals surface area contributed by atoms with Crippen LogP contribution in [0, 0.1) is 5.92 Å². The minimum Gasteiger partial charge on any atom is -0.308 e. The second-order valence-corrected chi connectivity index (χ2v) is 3.08. The minimum absolute atomic E-state index is 0.0111. The number of aromatic nitrogens is 3. The Hall–Kier alpha value is -1.39. The largest absolute Gasteiger partial charge is 0.308 e. The molecule has 0 saturated carbocycles. The molecule has 1 N–H and O–H groups in total. The third-order valence-corrected chi connectivity index (χ3v) is 1.91. The maximum absolute atomic E-state index is 11.4. The average molecular weight is 182 g/mol. The van der Waals surface area contributed by atoms with Crippen molar-refractivity contribution in [2.24, 2.45) is 13.0 Å². The van der Waals surface area contributed by atoms with Gasteiger partial charge in [0.1, 0.15) is 0 Å². The van der Waals surface area contributed by atoms with Gasteiger partial charge < -0.3 is 5.32 Å². The van der Waals surface area contributed by atoms with Crippen LogP contribution in [-0.2, 0) is 11.8 Å². The Balaban J connectivity index is 2.54. The molecule has 0 aliphatic carbocycles. The molecule has 0 bridgehead atoms. The van der Waals surface area contributed by atoms with Gasteiger partial charge in [-0.2, -0.15) is 0 Å². The van der Waals surface area contributed by atoms with Gasteiger partial charge in [0.15, 0.2) is 5.82 Å². The van der Waals surface area contributed by atoms with Crippen LogP contribution in [0.5, 0.6) is 0 Å². The number of aryl methyl sites for hydroxylation is 1. The highest BCUT2D eigenvalue weighted by atomic mass is 16.1. The van der Waals surface area contributed by atoms with Crippen molar-refractivity contribution >= 4 is 11.7 Å². The van der Waals surface area contributed by atoms with Crippen LogP contribution in [-0.4, -0.2) is 20.9 Å². The summed E-state index contributed by atoms with van der Waals surface area (Å²) >= 11 is 0. The predicted molar refractivity (Wildman–Crippen MR) is 49.1 cm³/mol. The zero-order chi connectivity index (χ0) is 9.84. The van der Waals surface area contributed by atoms with Gasteiger partial charge in [-0.05, 0) is 6.42 Å². The predicted octanol–water partition coefficient (Wildman–Crippen LogP) is 0.800. The molecule has 0 aliphatic rings. The summed E-state index contributed by atoms with van der Waals surface area (Å²) < 4.78 is 1.55. The Bertz CT molecular complexity index is 294. The molecule has 0 spiro atoms. The lowest BCUT2D eigenvalue weighted by Crippen LogP contribution is -2.19. The molecule has 5 heteroatoms. The van der Waals surface area contributed by atoms with E-state index in [0.29, 0.717) is 5.82 Å². The van der Waals surface area contributed by atoms with Crippen LogP contribution in [0.15, 0.2) is 6.20 Å². The minimum atomic E-state index is -0.0111. The summed E-state index contributed by atoms with van der Waals surface area (Å²) in [4.78, 5) is 11.4. The Morgan fingerprint density at radius 1 is 1.77 bits per heavy atom. The van der Waals surface area contributed by atoms with Gasteiger partial charge in [0.05, 0.1) is 6.20 Å². The topological polar surface area (TPSA) is 59.8 Å². The summed E-state index contributed by atoms with van der Waals surface area (Å²) in [5.74, 6) is 0.512. The van der Waals surface area contributed by atoms with E-state index in [2.05, 4.69) is 15.6 Å². The first kappa shape index (κ1) is 9.70. The molecule has 0 aromatic carbocycles. The van der Waals surface area contributed by atoms with E-state index in [4.69, 9.17) is 0 Å². The smallest absolute Gasteiger partial charge is 0.228 e. The molecular formula is C8H14N4O. The van der Waals surface area contributed by atoms with Crippen molar-refractivity contribution in [3.63, 3.8) is 0 Å². The Morgan fingerprint density at radius 3 is 2.92 bits per heavy atom. The monoisotopic (exact) mass is 182 g/mol. The third-order valence-electron chi connectivity index (χ3n) is 1.91. The van der Waals surface area contributed by atoms with Crippen LogP contribution >= 0.6 is 0 Å². The van der Waals surface area contributed by atoms with Crippen LogP contribution in [0.1, 0.15) is 20.3 Å². The summed E-state index contributed by atoms with van der Waals surface area (Å²) in [6.45, 7) is 3.85. The number of hydrogen-bond acceptors (Lipinski definition) is 3. The van der Waals surface area contributed by atoms with Gasteiger partial charge in [-0.15, -0.1) is 5.10 Å². The summed E-state index contributed by atoms with van der Waals surface area (Å²) in [5, 5.41) is 10.1. The number of carbonyl (C=O) groups excluding carboxylic acids is 1. The molecule has 1 aromatic rings. The summed E-state index contributed by atoms with van der Waals surface area (Å²) in [5.41, 5.74) is 0. The van der Waals surface area contributed by atoms with E-state index in [1.54, 1.807) is 17.9 Å². The van der Waals surface area contributed by atoms with E-state index in [0.717, 1.165) is 6.42 Å². The van der Waals surface area contributed by atoms with E-state index in [-0.39, 0.29) is 11.8 Å². The molecule has 0 aliphatic heterocycles. The number of hydrogen-bond donors (Lipinski definition) is 1. The second kappa shape index (κ2) is 4.02. The highest BCUT2D eigenvalue weighted by Crippen LogP contribution is 2.05. The molecule has 1 rings (SSSR count). The number of amides is 1. The highest BCUT2D eigenvalue weighted by molar-refractivity contribution is 5.91. The van der Waals surface area contributed by atoms with Gasteiger partial charge in [-0.3, -0.25) is 9.48 Å². The lowest BCUT2D eigenvalue weighted by Gasteiger charge is -2.06. The summed E-state index contributed by atoms with van der Waals surface area (Å²) in [6, 6.07) is 0. The van der Waals surface area contributed by atoms with Crippen LogP contribution in [0.4, 0.5) is 5.82 Å². The molecule has 13 heavy (non-hydrogen) atoms. The number of rotatable bonds is 3. The van der Waals surface area contributed by atoms with Crippen LogP contribution < -0.4 is 5.32 Å². The lowest BCUT2D eigenvalue weighted by atomic mass is 10.1. The first-order valence-corrected chi connectivity index (χ1v) is 4.30. The summed E-state index contributed by atoms with van der Waals surface area (Å²) in [7, 11) is 1.76. The second-order valence-electron chi connectivity index (χ2n) is 3.08. The van der Waals surface area contributed by atoms with Gasteiger partial charge in [-0.1, -0.05) is 19.1 Å². The van der Waals surface area contributed by atoms with Gasteiger partial charge in [0, 0.05) is 13.0 Å². The standard InChI is InChI=1S/C8H14N4O/c1-4-6(2)8(13)9-7-5-12(3)11-10-7/h5-6H,4H2,1-3H3,(H,9,13). The summed E-state index contributed by atoms with van der Waals surface area (Å²) in [6.07, 6.45) is 2.49. The average Bonchev–Trinajstić information content (AvgIpc) is 2.49. The molecule has 1 amide bonds. The molecule has 5 nitrogen and oxygen atoms in total. The van der Waals surface area contributed by atoms with Crippen molar-refractivity contribution in [2.75, 3.05) is 5.32 Å². The number of carbonyl (C=O) groups is 1. The fourth-order valence-corrected chi connectivity index (χ4v) is 0.839.